The number of rotatable bonds is 4. The molecule has 0 bridgehead atoms. The van der Waals surface area contributed by atoms with Gasteiger partial charge in [-0.05, 0) is 23.8 Å². The van der Waals surface area contributed by atoms with Crippen molar-refractivity contribution >= 4 is 18.0 Å². The summed E-state index contributed by atoms with van der Waals surface area (Å²) in [6.07, 6.45) is 0.811. The molecule has 0 radical (unpaired) electrons. The number of thioether (sulfide) groups is 1. The molecule has 0 aliphatic heterocycles. The molecule has 0 heterocycles. The molecular weight excluding hydrogens is 235 g/mol. The van der Waals surface area contributed by atoms with Gasteiger partial charge in [0.05, 0.1) is 0 Å². The summed E-state index contributed by atoms with van der Waals surface area (Å²) in [7, 11) is 0. The van der Waals surface area contributed by atoms with E-state index in [2.05, 4.69) is 0 Å². The number of aldehydes is 1. The smallest absolute Gasteiger partial charge is 0.150 e. The van der Waals surface area contributed by atoms with Gasteiger partial charge in [0.15, 0.2) is 0 Å². The standard InChI is InChI=1S/C14H11FOS/c15-14-4-2-1-3-12(14)10-17-13-7-5-11(9-16)6-8-13/h1-9H,10H2. The van der Waals surface area contributed by atoms with Gasteiger partial charge in [-0.2, -0.15) is 0 Å². The van der Waals surface area contributed by atoms with Crippen LogP contribution in [0, 0.1) is 5.82 Å². The Morgan fingerprint density at radius 1 is 1.06 bits per heavy atom. The number of carbonyl (C=O) groups is 1. The summed E-state index contributed by atoms with van der Waals surface area (Å²) in [5, 5.41) is 0. The number of hydrogen-bond donors (Lipinski definition) is 0. The van der Waals surface area contributed by atoms with E-state index in [0.29, 0.717) is 16.9 Å². The van der Waals surface area contributed by atoms with Crippen molar-refractivity contribution in [3.8, 4) is 0 Å². The molecule has 0 atom stereocenters. The molecule has 0 aliphatic rings. The lowest BCUT2D eigenvalue weighted by Crippen LogP contribution is -1.86. The number of hydrogen-bond acceptors (Lipinski definition) is 2. The summed E-state index contributed by atoms with van der Waals surface area (Å²) in [5.74, 6) is 0.414. The van der Waals surface area contributed by atoms with Crippen LogP contribution in [0.2, 0.25) is 0 Å². The normalized spacial score (nSPS) is 10.2. The minimum absolute atomic E-state index is 0.176. The van der Waals surface area contributed by atoms with Crippen molar-refractivity contribution in [2.24, 2.45) is 0 Å². The van der Waals surface area contributed by atoms with E-state index in [1.165, 1.54) is 6.07 Å². The molecule has 0 amide bonds. The second-order valence-corrected chi connectivity index (χ2v) is 4.62. The number of halogens is 1. The van der Waals surface area contributed by atoms with Crippen LogP contribution in [0.3, 0.4) is 0 Å². The maximum atomic E-state index is 13.4. The first-order valence-corrected chi connectivity index (χ1v) is 6.19. The van der Waals surface area contributed by atoms with Gasteiger partial charge in [0.1, 0.15) is 12.1 Å². The molecule has 2 rings (SSSR count). The van der Waals surface area contributed by atoms with Gasteiger partial charge in [0.2, 0.25) is 0 Å². The third kappa shape index (κ3) is 3.17. The van der Waals surface area contributed by atoms with E-state index in [1.54, 1.807) is 36.0 Å². The van der Waals surface area contributed by atoms with Crippen LogP contribution in [0.4, 0.5) is 4.39 Å². The van der Waals surface area contributed by atoms with Crippen LogP contribution in [-0.2, 0) is 5.75 Å². The number of benzene rings is 2. The molecule has 0 saturated heterocycles. The zero-order valence-corrected chi connectivity index (χ0v) is 9.91. The average Bonchev–Trinajstić information content (AvgIpc) is 2.38. The summed E-state index contributed by atoms with van der Waals surface area (Å²) in [6, 6.07) is 14.0. The van der Waals surface area contributed by atoms with E-state index in [9.17, 15) is 9.18 Å². The van der Waals surface area contributed by atoms with E-state index < -0.39 is 0 Å². The van der Waals surface area contributed by atoms with Crippen molar-refractivity contribution in [2.75, 3.05) is 0 Å². The lowest BCUT2D eigenvalue weighted by molar-refractivity contribution is 0.112. The first-order chi connectivity index (χ1) is 8.29. The summed E-state index contributed by atoms with van der Waals surface area (Å²) in [5.41, 5.74) is 1.34. The molecule has 86 valence electrons. The zero-order valence-electron chi connectivity index (χ0n) is 9.10. The first kappa shape index (κ1) is 11.9. The Morgan fingerprint density at radius 2 is 1.76 bits per heavy atom. The van der Waals surface area contributed by atoms with Crippen LogP contribution >= 0.6 is 11.8 Å². The molecule has 0 saturated carbocycles. The van der Waals surface area contributed by atoms with Crippen LogP contribution < -0.4 is 0 Å². The Labute approximate surface area is 104 Å². The Kier molecular flexibility index (Phi) is 3.94. The Bertz CT molecular complexity index is 508. The third-order valence-corrected chi connectivity index (χ3v) is 3.43. The van der Waals surface area contributed by atoms with E-state index in [0.717, 1.165) is 11.2 Å². The molecule has 3 heteroatoms. The summed E-state index contributed by atoms with van der Waals surface area (Å²) in [4.78, 5) is 11.5. The molecule has 0 aliphatic carbocycles. The van der Waals surface area contributed by atoms with Gasteiger partial charge in [-0.1, -0.05) is 30.3 Å². The maximum absolute atomic E-state index is 13.4. The lowest BCUT2D eigenvalue weighted by Gasteiger charge is -2.03. The maximum Gasteiger partial charge on any atom is 0.150 e. The van der Waals surface area contributed by atoms with Crippen molar-refractivity contribution in [1.29, 1.82) is 0 Å². The van der Waals surface area contributed by atoms with Crippen LogP contribution in [0.25, 0.3) is 0 Å². The summed E-state index contributed by atoms with van der Waals surface area (Å²) >= 11 is 1.55. The van der Waals surface area contributed by atoms with E-state index in [-0.39, 0.29) is 5.82 Å². The summed E-state index contributed by atoms with van der Waals surface area (Å²) < 4.78 is 13.4. The minimum atomic E-state index is -0.176. The third-order valence-electron chi connectivity index (χ3n) is 2.37. The Morgan fingerprint density at radius 3 is 2.41 bits per heavy atom. The van der Waals surface area contributed by atoms with Gasteiger partial charge in [-0.3, -0.25) is 4.79 Å². The van der Waals surface area contributed by atoms with Crippen LogP contribution in [0.5, 0.6) is 0 Å². The molecule has 0 aromatic heterocycles. The van der Waals surface area contributed by atoms with Crippen LogP contribution in [0.15, 0.2) is 53.4 Å². The first-order valence-electron chi connectivity index (χ1n) is 5.21. The second-order valence-electron chi connectivity index (χ2n) is 3.57. The predicted octanol–water partition coefficient (Wildman–Crippen LogP) is 3.93. The van der Waals surface area contributed by atoms with Crippen molar-refractivity contribution in [3.63, 3.8) is 0 Å². The van der Waals surface area contributed by atoms with Crippen molar-refractivity contribution in [1.82, 2.24) is 0 Å². The largest absolute Gasteiger partial charge is 0.298 e. The highest BCUT2D eigenvalue weighted by molar-refractivity contribution is 7.98. The topological polar surface area (TPSA) is 17.1 Å². The van der Waals surface area contributed by atoms with E-state index in [1.807, 2.05) is 18.2 Å². The minimum Gasteiger partial charge on any atom is -0.298 e. The van der Waals surface area contributed by atoms with Crippen molar-refractivity contribution in [3.05, 3.63) is 65.5 Å². The fourth-order valence-electron chi connectivity index (χ4n) is 1.42. The molecule has 0 spiro atoms. The Hall–Kier alpha value is -1.61. The fraction of sp³-hybridized carbons (Fsp3) is 0.0714. The van der Waals surface area contributed by atoms with Crippen molar-refractivity contribution in [2.45, 2.75) is 10.6 Å². The molecule has 0 fully saturated rings. The fourth-order valence-corrected chi connectivity index (χ4v) is 2.30. The SMILES string of the molecule is O=Cc1ccc(SCc2ccccc2F)cc1. The highest BCUT2D eigenvalue weighted by atomic mass is 32.2. The molecule has 1 nitrogen and oxygen atoms in total. The predicted molar refractivity (Wildman–Crippen MR) is 67.8 cm³/mol. The molecule has 2 aromatic carbocycles. The molecule has 2 aromatic rings. The van der Waals surface area contributed by atoms with Gasteiger partial charge in [-0.15, -0.1) is 11.8 Å². The van der Waals surface area contributed by atoms with Gasteiger partial charge in [0.25, 0.3) is 0 Å². The molecule has 0 unspecified atom stereocenters. The summed E-state index contributed by atoms with van der Waals surface area (Å²) in [6.45, 7) is 0. The molecule has 0 N–H and O–H groups in total. The van der Waals surface area contributed by atoms with Gasteiger partial charge in [-0.25, -0.2) is 4.39 Å². The van der Waals surface area contributed by atoms with Gasteiger partial charge in [0, 0.05) is 16.2 Å². The molecular formula is C14H11FOS. The monoisotopic (exact) mass is 246 g/mol. The van der Waals surface area contributed by atoms with Crippen LogP contribution in [0.1, 0.15) is 15.9 Å². The van der Waals surface area contributed by atoms with Crippen molar-refractivity contribution < 1.29 is 9.18 Å². The zero-order chi connectivity index (χ0) is 12.1. The number of carbonyl (C=O) groups excluding carboxylic acids is 1. The lowest BCUT2D eigenvalue weighted by atomic mass is 10.2. The van der Waals surface area contributed by atoms with Gasteiger partial charge >= 0.3 is 0 Å². The van der Waals surface area contributed by atoms with Gasteiger partial charge < -0.3 is 0 Å². The quantitative estimate of drug-likeness (QED) is 0.600. The average molecular weight is 246 g/mol. The highest BCUT2D eigenvalue weighted by Gasteiger charge is 2.01. The molecule has 17 heavy (non-hydrogen) atoms. The Balaban J connectivity index is 2.02. The second kappa shape index (κ2) is 5.64. The van der Waals surface area contributed by atoms with Crippen LogP contribution in [-0.4, -0.2) is 6.29 Å². The van der Waals surface area contributed by atoms with E-state index in [4.69, 9.17) is 0 Å². The van der Waals surface area contributed by atoms with E-state index >= 15 is 0 Å². The highest BCUT2D eigenvalue weighted by Crippen LogP contribution is 2.23.